The van der Waals surface area contributed by atoms with Gasteiger partial charge in [0, 0.05) is 24.5 Å². The highest BCUT2D eigenvalue weighted by Crippen LogP contribution is 2.25. The third-order valence-corrected chi connectivity index (χ3v) is 3.66. The summed E-state index contributed by atoms with van der Waals surface area (Å²) in [6.07, 6.45) is 5.01. The van der Waals surface area contributed by atoms with Crippen molar-refractivity contribution in [3.05, 3.63) is 48.0 Å². The Bertz CT molecular complexity index is 569. The Kier molecular flexibility index (Phi) is 3.41. The number of carbonyl (C=O) groups is 1. The maximum atomic E-state index is 12.4. The summed E-state index contributed by atoms with van der Waals surface area (Å²) in [6, 6.07) is 7.77. The molecule has 2 unspecified atom stereocenters. The number of imidazole rings is 1. The van der Waals surface area contributed by atoms with Crippen molar-refractivity contribution in [1.29, 1.82) is 0 Å². The smallest absolute Gasteiger partial charge is 0.243 e. The van der Waals surface area contributed by atoms with E-state index in [9.17, 15) is 4.79 Å². The molecule has 0 saturated carbocycles. The number of hydrogen-bond acceptors (Lipinski definition) is 3. The molecular weight excluding hydrogens is 252 g/mol. The second kappa shape index (κ2) is 5.36. The summed E-state index contributed by atoms with van der Waals surface area (Å²) in [5, 5.41) is 6.32. The number of nitrogens with one attached hydrogen (secondary N) is 3. The van der Waals surface area contributed by atoms with Crippen molar-refractivity contribution in [2.24, 2.45) is 0 Å². The molecular formula is C15H18N4O. The summed E-state index contributed by atoms with van der Waals surface area (Å²) in [7, 11) is 0. The monoisotopic (exact) mass is 270 g/mol. The first-order chi connectivity index (χ1) is 9.78. The van der Waals surface area contributed by atoms with Crippen LogP contribution in [0.25, 0.3) is 0 Å². The Morgan fingerprint density at radius 1 is 1.50 bits per heavy atom. The minimum atomic E-state index is -0.198. The van der Waals surface area contributed by atoms with Gasteiger partial charge in [0.05, 0.1) is 6.04 Å². The van der Waals surface area contributed by atoms with Crippen LogP contribution in [0.15, 0.2) is 36.7 Å². The number of rotatable bonds is 4. The molecule has 5 heteroatoms. The number of fused-ring (bicyclic) bond motifs is 1. The van der Waals surface area contributed by atoms with Gasteiger partial charge >= 0.3 is 0 Å². The Morgan fingerprint density at radius 2 is 2.35 bits per heavy atom. The molecule has 0 spiro atoms. The van der Waals surface area contributed by atoms with E-state index in [1.54, 1.807) is 12.4 Å². The Labute approximate surface area is 117 Å². The number of amides is 1. The lowest BCUT2D eigenvalue weighted by Crippen LogP contribution is -2.40. The summed E-state index contributed by atoms with van der Waals surface area (Å²) >= 11 is 0. The first-order valence-corrected chi connectivity index (χ1v) is 6.92. The lowest BCUT2D eigenvalue weighted by Gasteiger charge is -2.18. The van der Waals surface area contributed by atoms with Gasteiger partial charge in [-0.1, -0.05) is 25.1 Å². The molecule has 1 amide bonds. The molecule has 2 atom stereocenters. The highest BCUT2D eigenvalue weighted by molar-refractivity contribution is 5.87. The predicted octanol–water partition coefficient (Wildman–Crippen LogP) is 2.01. The fraction of sp³-hybridized carbons (Fsp3) is 0.333. The molecule has 1 aliphatic heterocycles. The number of para-hydroxylation sites is 1. The van der Waals surface area contributed by atoms with Crippen molar-refractivity contribution in [3.8, 4) is 0 Å². The summed E-state index contributed by atoms with van der Waals surface area (Å²) < 4.78 is 0. The Hall–Kier alpha value is -2.30. The largest absolute Gasteiger partial charge is 0.373 e. The van der Waals surface area contributed by atoms with Crippen LogP contribution in [0.1, 0.15) is 30.8 Å². The number of carbonyl (C=O) groups excluding carboxylic acids is 1. The van der Waals surface area contributed by atoms with Gasteiger partial charge in [0.2, 0.25) is 5.91 Å². The van der Waals surface area contributed by atoms with Crippen molar-refractivity contribution in [2.75, 3.05) is 5.32 Å². The molecule has 3 N–H and O–H groups in total. The van der Waals surface area contributed by atoms with Gasteiger partial charge in [-0.15, -0.1) is 0 Å². The first kappa shape index (κ1) is 12.7. The van der Waals surface area contributed by atoms with Gasteiger partial charge in [-0.25, -0.2) is 4.98 Å². The predicted molar refractivity (Wildman–Crippen MR) is 77.3 cm³/mol. The van der Waals surface area contributed by atoms with Crippen molar-refractivity contribution in [3.63, 3.8) is 0 Å². The lowest BCUT2D eigenvalue weighted by atomic mass is 10.1. The van der Waals surface area contributed by atoms with Crippen LogP contribution < -0.4 is 10.6 Å². The van der Waals surface area contributed by atoms with Crippen LogP contribution in [0.2, 0.25) is 0 Å². The van der Waals surface area contributed by atoms with Crippen LogP contribution in [0, 0.1) is 0 Å². The Balaban J connectivity index is 1.66. The number of aromatic nitrogens is 2. The molecule has 2 heterocycles. The number of benzene rings is 1. The van der Waals surface area contributed by atoms with E-state index in [0.717, 1.165) is 24.4 Å². The number of H-pyrrole nitrogens is 1. The van der Waals surface area contributed by atoms with Crippen LogP contribution >= 0.6 is 0 Å². The summed E-state index contributed by atoms with van der Waals surface area (Å²) in [5.41, 5.74) is 2.25. The van der Waals surface area contributed by atoms with E-state index >= 15 is 0 Å². The number of hydrogen-bond donors (Lipinski definition) is 3. The highest BCUT2D eigenvalue weighted by Gasteiger charge is 2.28. The van der Waals surface area contributed by atoms with Crippen molar-refractivity contribution in [2.45, 2.75) is 31.8 Å². The molecule has 20 heavy (non-hydrogen) atoms. The van der Waals surface area contributed by atoms with Crippen LogP contribution in [-0.2, 0) is 11.2 Å². The van der Waals surface area contributed by atoms with Crippen LogP contribution in [0.3, 0.4) is 0 Å². The van der Waals surface area contributed by atoms with Crippen LogP contribution in [0.5, 0.6) is 0 Å². The highest BCUT2D eigenvalue weighted by atomic mass is 16.2. The molecule has 5 nitrogen and oxygen atoms in total. The quantitative estimate of drug-likeness (QED) is 0.796. The first-order valence-electron chi connectivity index (χ1n) is 6.92. The second-order valence-corrected chi connectivity index (χ2v) is 5.00. The minimum Gasteiger partial charge on any atom is -0.373 e. The van der Waals surface area contributed by atoms with Crippen molar-refractivity contribution < 1.29 is 4.79 Å². The van der Waals surface area contributed by atoms with E-state index in [1.807, 2.05) is 25.1 Å². The van der Waals surface area contributed by atoms with Crippen molar-refractivity contribution in [1.82, 2.24) is 15.3 Å². The van der Waals surface area contributed by atoms with E-state index in [0.29, 0.717) is 0 Å². The standard InChI is InChI=1S/C15H18N4O/c1-2-11(14-16-7-8-17-14)19-15(20)13-9-10-5-3-4-6-12(10)18-13/h3-8,11,13,18H,2,9H2,1H3,(H,16,17)(H,19,20). The van der Waals surface area contributed by atoms with Gasteiger partial charge in [-0.3, -0.25) is 4.79 Å². The van der Waals surface area contributed by atoms with Crippen LogP contribution in [0.4, 0.5) is 5.69 Å². The zero-order chi connectivity index (χ0) is 13.9. The summed E-state index contributed by atoms with van der Waals surface area (Å²) in [4.78, 5) is 19.6. The van der Waals surface area contributed by atoms with E-state index in [1.165, 1.54) is 5.56 Å². The van der Waals surface area contributed by atoms with E-state index < -0.39 is 0 Å². The van der Waals surface area contributed by atoms with Gasteiger partial charge in [0.15, 0.2) is 0 Å². The van der Waals surface area contributed by atoms with Gasteiger partial charge < -0.3 is 15.6 Å². The molecule has 2 aromatic rings. The molecule has 3 rings (SSSR count). The van der Waals surface area contributed by atoms with Gasteiger partial charge in [-0.05, 0) is 18.1 Å². The van der Waals surface area contributed by atoms with E-state index in [2.05, 4.69) is 26.7 Å². The molecule has 0 fully saturated rings. The van der Waals surface area contributed by atoms with Gasteiger partial charge in [0.25, 0.3) is 0 Å². The summed E-state index contributed by atoms with van der Waals surface area (Å²) in [6.45, 7) is 2.03. The zero-order valence-corrected chi connectivity index (χ0v) is 11.4. The summed E-state index contributed by atoms with van der Waals surface area (Å²) in [5.74, 6) is 0.820. The lowest BCUT2D eigenvalue weighted by molar-refractivity contribution is -0.122. The maximum Gasteiger partial charge on any atom is 0.243 e. The topological polar surface area (TPSA) is 69.8 Å². The molecule has 0 bridgehead atoms. The average Bonchev–Trinajstić information content (AvgIpc) is 3.13. The third-order valence-electron chi connectivity index (χ3n) is 3.66. The molecule has 104 valence electrons. The molecule has 1 aromatic carbocycles. The van der Waals surface area contributed by atoms with E-state index in [4.69, 9.17) is 0 Å². The Morgan fingerprint density at radius 3 is 3.05 bits per heavy atom. The fourth-order valence-corrected chi connectivity index (χ4v) is 2.56. The van der Waals surface area contributed by atoms with Crippen LogP contribution in [-0.4, -0.2) is 21.9 Å². The molecule has 0 aliphatic carbocycles. The van der Waals surface area contributed by atoms with Gasteiger partial charge in [-0.2, -0.15) is 0 Å². The molecule has 1 aliphatic rings. The zero-order valence-electron chi connectivity index (χ0n) is 11.4. The molecule has 0 radical (unpaired) electrons. The SMILES string of the molecule is CCC(NC(=O)C1Cc2ccccc2N1)c1ncc[nH]1. The third kappa shape index (κ3) is 2.39. The average molecular weight is 270 g/mol. The van der Waals surface area contributed by atoms with Gasteiger partial charge in [0.1, 0.15) is 11.9 Å². The number of aromatic amines is 1. The fourth-order valence-electron chi connectivity index (χ4n) is 2.56. The number of anilines is 1. The maximum absolute atomic E-state index is 12.4. The van der Waals surface area contributed by atoms with Crippen molar-refractivity contribution >= 4 is 11.6 Å². The minimum absolute atomic E-state index is 0.0180. The number of nitrogens with zero attached hydrogens (tertiary/aromatic N) is 1. The molecule has 1 aromatic heterocycles. The normalized spacial score (nSPS) is 18.1. The second-order valence-electron chi connectivity index (χ2n) is 5.00. The van der Waals surface area contributed by atoms with E-state index in [-0.39, 0.29) is 18.0 Å². The molecule has 0 saturated heterocycles.